The lowest BCUT2D eigenvalue weighted by Gasteiger charge is -2.41. The predicted molar refractivity (Wildman–Crippen MR) is 321 cm³/mol. The number of methoxy groups -OCH3 is 2. The number of allylic oxidation sites excluding steroid dienone is 2. The molecule has 77 heavy (non-hydrogen) atoms. The van der Waals surface area contributed by atoms with E-state index in [0.29, 0.717) is 71.4 Å². The van der Waals surface area contributed by atoms with E-state index in [4.69, 9.17) is 28.7 Å². The van der Waals surface area contributed by atoms with Crippen LogP contribution in [0.15, 0.2) is 95.1 Å². The van der Waals surface area contributed by atoms with E-state index >= 15 is 0 Å². The van der Waals surface area contributed by atoms with Crippen LogP contribution in [-0.4, -0.2) is 91.9 Å². The van der Waals surface area contributed by atoms with Crippen molar-refractivity contribution in [1.82, 2.24) is 4.90 Å². The highest BCUT2D eigenvalue weighted by molar-refractivity contribution is 8.76. The van der Waals surface area contributed by atoms with Gasteiger partial charge >= 0.3 is 0 Å². The summed E-state index contributed by atoms with van der Waals surface area (Å²) in [6.07, 6.45) is 13.4. The fourth-order valence-electron chi connectivity index (χ4n) is 9.53. The topological polar surface area (TPSA) is 131 Å². The first-order valence-electron chi connectivity index (χ1n) is 27.0. The lowest BCUT2D eigenvalue weighted by Crippen LogP contribution is -2.52. The highest BCUT2D eigenvalue weighted by Crippen LogP contribution is 2.41. The molecule has 1 aliphatic carbocycles. The lowest BCUT2D eigenvalue weighted by atomic mass is 9.98. The SMILES string of the molecule is CC.CC.CNc1cc(OCc2cc(COc3cc(N=CC4Cc5ccccc5N4C=O)c(C)cc3OC)cc(N(C(=O)CCC(C)(C)SSC)C(C)(C)COC(C)(C)C)c2)c(OC)cc1C(=O)N1CCC2=C1C=CCC2. The van der Waals surface area contributed by atoms with Gasteiger partial charge in [-0.25, -0.2) is 0 Å². The van der Waals surface area contributed by atoms with Gasteiger partial charge in [-0.3, -0.25) is 19.4 Å². The van der Waals surface area contributed by atoms with Crippen LogP contribution in [-0.2, 0) is 34.0 Å². The van der Waals surface area contributed by atoms with E-state index in [0.717, 1.165) is 59.3 Å². The number of benzene rings is 4. The number of carbonyl (C=O) groups is 3. The zero-order valence-electron chi connectivity index (χ0n) is 48.7. The van der Waals surface area contributed by atoms with Crippen molar-refractivity contribution in [2.24, 2.45) is 4.99 Å². The highest BCUT2D eigenvalue weighted by Gasteiger charge is 2.36. The van der Waals surface area contributed by atoms with Gasteiger partial charge in [0.1, 0.15) is 13.2 Å². The summed E-state index contributed by atoms with van der Waals surface area (Å²) in [7, 11) is 8.42. The van der Waals surface area contributed by atoms with Crippen LogP contribution in [0.5, 0.6) is 23.0 Å². The van der Waals surface area contributed by atoms with Gasteiger partial charge < -0.3 is 43.7 Å². The van der Waals surface area contributed by atoms with Crippen molar-refractivity contribution in [2.45, 2.75) is 157 Å². The van der Waals surface area contributed by atoms with Crippen molar-refractivity contribution in [2.75, 3.05) is 55.8 Å². The van der Waals surface area contributed by atoms with Gasteiger partial charge in [0.05, 0.1) is 54.9 Å². The maximum Gasteiger partial charge on any atom is 0.260 e. The van der Waals surface area contributed by atoms with Crippen molar-refractivity contribution >= 4 is 68.8 Å². The Morgan fingerprint density at radius 2 is 1.51 bits per heavy atom. The zero-order valence-corrected chi connectivity index (χ0v) is 50.3. The van der Waals surface area contributed by atoms with Crippen molar-refractivity contribution in [3.63, 3.8) is 0 Å². The van der Waals surface area contributed by atoms with E-state index in [9.17, 15) is 14.4 Å². The quantitative estimate of drug-likeness (QED) is 0.0458. The van der Waals surface area contributed by atoms with Crippen LogP contribution in [0.4, 0.5) is 22.7 Å². The first-order valence-corrected chi connectivity index (χ1v) is 29.6. The minimum absolute atomic E-state index is 0.0337. The normalized spacial score (nSPS) is 15.0. The third-order valence-electron chi connectivity index (χ3n) is 13.3. The summed E-state index contributed by atoms with van der Waals surface area (Å²) >= 11 is 0. The molecule has 1 atom stereocenters. The van der Waals surface area contributed by atoms with Crippen molar-refractivity contribution in [3.8, 4) is 23.0 Å². The maximum atomic E-state index is 14.9. The third kappa shape index (κ3) is 15.9. The Labute approximate surface area is 468 Å². The number of carbonyl (C=O) groups excluding carboxylic acids is 3. The van der Waals surface area contributed by atoms with Crippen LogP contribution in [0.1, 0.15) is 141 Å². The molecule has 0 saturated heterocycles. The summed E-state index contributed by atoms with van der Waals surface area (Å²) < 4.78 is 31.3. The van der Waals surface area contributed by atoms with E-state index in [-0.39, 0.29) is 42.4 Å². The summed E-state index contributed by atoms with van der Waals surface area (Å²) in [5.41, 5.74) is 7.93. The highest BCUT2D eigenvalue weighted by atomic mass is 33.1. The molecule has 0 fully saturated rings. The van der Waals surface area contributed by atoms with Crippen LogP contribution >= 0.6 is 21.6 Å². The number of aryl methyl sites for hydroxylation is 1. The molecule has 0 bridgehead atoms. The molecule has 0 aromatic heterocycles. The Balaban J connectivity index is 0.00000267. The summed E-state index contributed by atoms with van der Waals surface area (Å²) in [6, 6.07) is 21.0. The molecular weight excluding hydrogens is 1010 g/mol. The van der Waals surface area contributed by atoms with E-state index in [2.05, 4.69) is 37.6 Å². The van der Waals surface area contributed by atoms with E-state index < -0.39 is 11.1 Å². The standard InChI is InChI=1S/C58H73N5O8S2.2C2H6/c1-38-25-50(67-10)52(31-46(38)60-33-44-29-42-18-14-16-20-49(42)62(44)37-64)69-34-39-26-40(28-43(27-39)63(57(5,6)36-71-56(2,3)4)54(65)21-23-58(7,8)73-72-12)35-70-53-32-47(59-9)45(30-51(53)68-11)55(66)61-24-22-41-17-13-15-19-48(41)61;2*1-2/h14-16,18-20,25-28,30-33,37,44,59H,13,17,21-24,29,34-36H2,1-12H3;2*1-2H3. The molecule has 3 aliphatic rings. The number of hydrogen-bond acceptors (Lipinski definition) is 12. The van der Waals surface area contributed by atoms with Gasteiger partial charge in [0, 0.05) is 66.6 Å². The van der Waals surface area contributed by atoms with Gasteiger partial charge in [-0.1, -0.05) is 73.6 Å². The van der Waals surface area contributed by atoms with Gasteiger partial charge in [0.2, 0.25) is 12.3 Å². The Hall–Kier alpha value is -5.90. The molecule has 4 aromatic rings. The van der Waals surface area contributed by atoms with Crippen LogP contribution < -0.4 is 34.1 Å². The fraction of sp³-hybridized carbons (Fsp3) is 0.484. The molecule has 4 aromatic carbocycles. The minimum atomic E-state index is -0.779. The first-order chi connectivity index (χ1) is 36.8. The Bertz CT molecular complexity index is 2760. The number of nitrogens with one attached hydrogen (secondary N) is 1. The second kappa shape index (κ2) is 28.1. The summed E-state index contributed by atoms with van der Waals surface area (Å²) in [6.45, 7) is 25.5. The van der Waals surface area contributed by atoms with Crippen molar-refractivity contribution in [1.29, 1.82) is 0 Å². The molecule has 1 unspecified atom stereocenters. The number of fused-ring (bicyclic) bond motifs is 1. The molecule has 13 nitrogen and oxygen atoms in total. The Morgan fingerprint density at radius 1 is 0.857 bits per heavy atom. The van der Waals surface area contributed by atoms with E-state index in [1.807, 2.05) is 146 Å². The van der Waals surface area contributed by atoms with Crippen LogP contribution in [0.2, 0.25) is 0 Å². The second-order valence-electron chi connectivity index (χ2n) is 21.0. The van der Waals surface area contributed by atoms with Gasteiger partial charge in [-0.05, 0) is 158 Å². The maximum absolute atomic E-state index is 14.9. The number of nitrogens with zero attached hydrogens (tertiary/aromatic N) is 4. The minimum Gasteiger partial charge on any atom is -0.493 e. The number of amides is 3. The van der Waals surface area contributed by atoms with Crippen LogP contribution in [0.25, 0.3) is 0 Å². The second-order valence-corrected chi connectivity index (χ2v) is 24.1. The van der Waals surface area contributed by atoms with Gasteiger partial charge in [0.15, 0.2) is 23.0 Å². The molecule has 0 saturated carbocycles. The fourth-order valence-corrected chi connectivity index (χ4v) is 11.8. The average Bonchev–Trinajstić information content (AvgIpc) is 4.03. The predicted octanol–water partition coefficient (Wildman–Crippen LogP) is 14.5. The van der Waals surface area contributed by atoms with Gasteiger partial charge in [0.25, 0.3) is 5.91 Å². The smallest absolute Gasteiger partial charge is 0.260 e. The van der Waals surface area contributed by atoms with Crippen LogP contribution in [0.3, 0.4) is 0 Å². The first kappa shape index (κ1) is 61.9. The van der Waals surface area contributed by atoms with Crippen molar-refractivity contribution < 1.29 is 38.1 Å². The Morgan fingerprint density at radius 3 is 2.13 bits per heavy atom. The Kier molecular flexibility index (Phi) is 22.6. The number of hydrogen-bond donors (Lipinski definition) is 1. The molecule has 3 amide bonds. The number of para-hydroxylation sites is 1. The van der Waals surface area contributed by atoms with E-state index in [1.165, 1.54) is 5.57 Å². The average molecular weight is 1090 g/mol. The summed E-state index contributed by atoms with van der Waals surface area (Å²) in [5.74, 6) is 1.74. The van der Waals surface area contributed by atoms with Crippen molar-refractivity contribution in [3.05, 3.63) is 118 Å². The number of ether oxygens (including phenoxy) is 5. The molecule has 7 rings (SSSR count). The number of anilines is 3. The molecule has 1 N–H and O–H groups in total. The number of rotatable bonds is 22. The zero-order chi connectivity index (χ0) is 56.7. The molecule has 15 heteroatoms. The lowest BCUT2D eigenvalue weighted by molar-refractivity contribution is -0.121. The largest absolute Gasteiger partial charge is 0.493 e. The molecule has 418 valence electrons. The molecule has 2 heterocycles. The molecule has 2 aliphatic heterocycles. The summed E-state index contributed by atoms with van der Waals surface area (Å²) in [5, 5.41) is 3.23. The monoisotopic (exact) mass is 1090 g/mol. The number of aliphatic imine (C=N–C) groups is 1. The molecule has 0 spiro atoms. The van der Waals surface area contributed by atoms with Gasteiger partial charge in [-0.15, -0.1) is 0 Å². The molecular formula is C62H85N5O8S2. The summed E-state index contributed by atoms with van der Waals surface area (Å²) in [4.78, 5) is 51.6. The van der Waals surface area contributed by atoms with Gasteiger partial charge in [-0.2, -0.15) is 0 Å². The third-order valence-corrected chi connectivity index (χ3v) is 16.0. The van der Waals surface area contributed by atoms with Crippen LogP contribution in [0, 0.1) is 6.92 Å². The molecule has 0 radical (unpaired) electrons. The van der Waals surface area contributed by atoms with E-state index in [1.54, 1.807) is 53.8 Å².